The lowest BCUT2D eigenvalue weighted by atomic mass is 9.99. The number of aromatic nitrogens is 4. The Balaban J connectivity index is 1.30. The molecule has 0 radical (unpaired) electrons. The summed E-state index contributed by atoms with van der Waals surface area (Å²) in [7, 11) is -2.30. The molecule has 4 fully saturated rings. The standard InChI is InChI=1S/C36H52N8O9S/c1-22-21-36(22,33(47)41-54(49,50)25-18-19-25)38-31(45)28-20-29(53-44-40-30(39-42-44)23-14-16-24(51-5)17-15-23)27-13-11-9-7-6-8-10-12-26(32(46)43(27)28)37-34(48)52-35(2,3)4/h14-17,22,25-29H,6-13,18-21H2,1-5H3,(H,37,48)(H,38,45)(H,41,47)/t22-,26?,27?,28+,29-,36?/m1/s1. The molecule has 0 bridgehead atoms. The molecule has 2 saturated heterocycles. The largest absolute Gasteiger partial charge is 0.497 e. The van der Waals surface area contributed by atoms with Crippen molar-refractivity contribution in [2.75, 3.05) is 7.11 Å². The zero-order valence-corrected chi connectivity index (χ0v) is 32.4. The zero-order valence-electron chi connectivity index (χ0n) is 31.6. The van der Waals surface area contributed by atoms with Crippen molar-refractivity contribution in [1.82, 2.24) is 40.6 Å². The number of rotatable bonds is 10. The Morgan fingerprint density at radius 2 is 1.61 bits per heavy atom. The van der Waals surface area contributed by atoms with Crippen LogP contribution >= 0.6 is 0 Å². The van der Waals surface area contributed by atoms with Gasteiger partial charge in [-0.25, -0.2) is 13.2 Å². The van der Waals surface area contributed by atoms with E-state index in [2.05, 4.69) is 30.8 Å². The van der Waals surface area contributed by atoms with Gasteiger partial charge in [-0.3, -0.25) is 19.1 Å². The predicted octanol–water partition coefficient (Wildman–Crippen LogP) is 2.65. The Morgan fingerprint density at radius 1 is 0.963 bits per heavy atom. The van der Waals surface area contributed by atoms with Gasteiger partial charge in [-0.2, -0.15) is 0 Å². The Bertz CT molecular complexity index is 1810. The van der Waals surface area contributed by atoms with E-state index in [0.29, 0.717) is 43.4 Å². The van der Waals surface area contributed by atoms with Crippen LogP contribution in [0.4, 0.5) is 4.79 Å². The number of sulfonamides is 1. The number of benzene rings is 1. The van der Waals surface area contributed by atoms with Crippen molar-refractivity contribution in [2.24, 2.45) is 5.92 Å². The van der Waals surface area contributed by atoms with Crippen molar-refractivity contribution in [2.45, 2.75) is 145 Å². The molecule has 3 unspecified atom stereocenters. The summed E-state index contributed by atoms with van der Waals surface area (Å²) < 4.78 is 38.4. The maximum absolute atomic E-state index is 14.7. The number of amides is 4. The van der Waals surface area contributed by atoms with Gasteiger partial charge < -0.3 is 29.8 Å². The molecule has 4 aliphatic rings. The van der Waals surface area contributed by atoms with Crippen molar-refractivity contribution in [3.05, 3.63) is 24.3 Å². The molecule has 2 aliphatic carbocycles. The molecule has 3 heterocycles. The number of fused-ring (bicyclic) bond motifs is 1. The highest BCUT2D eigenvalue weighted by atomic mass is 32.2. The highest BCUT2D eigenvalue weighted by Gasteiger charge is 2.61. The number of nitrogens with one attached hydrogen (secondary N) is 3. The van der Waals surface area contributed by atoms with E-state index in [4.69, 9.17) is 14.3 Å². The lowest BCUT2D eigenvalue weighted by Crippen LogP contribution is -2.60. The number of methoxy groups -OCH3 is 1. The number of nitrogens with zero attached hydrogens (tertiary/aromatic N) is 5. The molecular weight excluding hydrogens is 721 g/mol. The summed E-state index contributed by atoms with van der Waals surface area (Å²) in [5, 5.41) is 17.7. The highest BCUT2D eigenvalue weighted by molar-refractivity contribution is 7.91. The van der Waals surface area contributed by atoms with Crippen LogP contribution in [0.1, 0.15) is 105 Å². The molecule has 4 amide bonds. The van der Waals surface area contributed by atoms with Gasteiger partial charge in [0.25, 0.3) is 5.91 Å². The summed E-state index contributed by atoms with van der Waals surface area (Å²) in [4.78, 5) is 64.5. The number of carbonyl (C=O) groups is 4. The van der Waals surface area contributed by atoms with Crippen molar-refractivity contribution < 1.29 is 41.9 Å². The quantitative estimate of drug-likeness (QED) is 0.318. The summed E-state index contributed by atoms with van der Waals surface area (Å²) in [6, 6.07) is 4.29. The van der Waals surface area contributed by atoms with Crippen LogP contribution < -0.4 is 24.9 Å². The zero-order chi connectivity index (χ0) is 38.8. The van der Waals surface area contributed by atoms with Gasteiger partial charge in [0.2, 0.25) is 27.7 Å². The number of tetrazole rings is 1. The van der Waals surface area contributed by atoms with E-state index in [0.717, 1.165) is 37.1 Å². The Morgan fingerprint density at radius 3 is 2.22 bits per heavy atom. The summed E-state index contributed by atoms with van der Waals surface area (Å²) >= 11 is 0. The van der Waals surface area contributed by atoms with Crippen molar-refractivity contribution in [3.63, 3.8) is 0 Å². The van der Waals surface area contributed by atoms with Gasteiger partial charge in [0, 0.05) is 16.9 Å². The minimum atomic E-state index is -3.87. The Hall–Kier alpha value is -4.48. The lowest BCUT2D eigenvalue weighted by molar-refractivity contribution is -0.144. The minimum absolute atomic E-state index is 0.00720. The average Bonchev–Trinajstić information content (AvgIpc) is 3.99. The second-order valence-corrected chi connectivity index (χ2v) is 17.9. The van der Waals surface area contributed by atoms with Crippen molar-refractivity contribution >= 4 is 33.8 Å². The number of hydrogen-bond acceptors (Lipinski definition) is 12. The summed E-state index contributed by atoms with van der Waals surface area (Å²) in [6.45, 7) is 6.94. The first kappa shape index (κ1) is 39.2. The molecule has 1 aromatic carbocycles. The fraction of sp³-hybridized carbons (Fsp3) is 0.694. The second-order valence-electron chi connectivity index (χ2n) is 15.9. The van der Waals surface area contributed by atoms with E-state index in [9.17, 15) is 27.6 Å². The number of carbonyl (C=O) groups excluding carboxylic acids is 4. The smallest absolute Gasteiger partial charge is 0.408 e. The highest BCUT2D eigenvalue weighted by Crippen LogP contribution is 2.44. The lowest BCUT2D eigenvalue weighted by Gasteiger charge is -2.35. The van der Waals surface area contributed by atoms with Gasteiger partial charge in [-0.15, -0.1) is 5.10 Å². The Labute approximate surface area is 315 Å². The molecule has 1 aromatic heterocycles. The third-order valence-corrected chi connectivity index (χ3v) is 12.4. The van der Waals surface area contributed by atoms with Crippen LogP contribution in [0.2, 0.25) is 0 Å². The molecule has 2 aliphatic heterocycles. The second kappa shape index (κ2) is 15.7. The monoisotopic (exact) mass is 772 g/mol. The maximum Gasteiger partial charge on any atom is 0.408 e. The molecule has 6 atom stereocenters. The first-order valence-corrected chi connectivity index (χ1v) is 20.5. The summed E-state index contributed by atoms with van der Waals surface area (Å²) in [5.41, 5.74) is -1.61. The topological polar surface area (TPSA) is 213 Å². The SMILES string of the molecule is COc1ccc(-c2nnn(O[C@@H]3C[C@@H](C(=O)NC4(C(=O)NS(=O)(=O)C5CC5)C[C@H]4C)N4C(=O)C(NC(=O)OC(C)(C)C)CCCCCCCCC34)n2)cc1. The van der Waals surface area contributed by atoms with E-state index in [1.165, 1.54) is 4.90 Å². The number of hydrogen-bond donors (Lipinski definition) is 3. The number of ether oxygens (including phenoxy) is 2. The fourth-order valence-electron chi connectivity index (χ4n) is 7.37. The molecule has 2 saturated carbocycles. The van der Waals surface area contributed by atoms with Crippen molar-refractivity contribution in [3.8, 4) is 17.1 Å². The first-order valence-electron chi connectivity index (χ1n) is 18.9. The number of alkyl carbamates (subject to hydrolysis) is 1. The van der Waals surface area contributed by atoms with Crippen LogP contribution in [-0.2, 0) is 29.1 Å². The van der Waals surface area contributed by atoms with Gasteiger partial charge in [-0.05, 0) is 88.3 Å². The van der Waals surface area contributed by atoms with E-state index < -0.39 is 74.5 Å². The van der Waals surface area contributed by atoms with Gasteiger partial charge in [0.05, 0.1) is 18.4 Å². The molecule has 54 heavy (non-hydrogen) atoms. The third-order valence-electron chi connectivity index (χ3n) is 10.6. The Kier molecular flexibility index (Phi) is 11.4. The van der Waals surface area contributed by atoms with E-state index in [1.807, 2.05) is 0 Å². The molecule has 6 rings (SSSR count). The maximum atomic E-state index is 14.7. The van der Waals surface area contributed by atoms with Crippen LogP contribution in [0.5, 0.6) is 5.75 Å². The normalized spacial score (nSPS) is 27.8. The molecule has 17 nitrogen and oxygen atoms in total. The average molecular weight is 773 g/mol. The van der Waals surface area contributed by atoms with E-state index in [-0.39, 0.29) is 24.6 Å². The third kappa shape index (κ3) is 9.06. The first-order chi connectivity index (χ1) is 25.6. The van der Waals surface area contributed by atoms with E-state index in [1.54, 1.807) is 59.1 Å². The van der Waals surface area contributed by atoms with Crippen molar-refractivity contribution in [1.29, 1.82) is 0 Å². The molecule has 2 aromatic rings. The molecule has 18 heteroatoms. The van der Waals surface area contributed by atoms with Gasteiger partial charge in [0.15, 0.2) is 6.10 Å². The van der Waals surface area contributed by atoms with Crippen LogP contribution in [0, 0.1) is 5.92 Å². The molecule has 0 spiro atoms. The van der Waals surface area contributed by atoms with Gasteiger partial charge in [-0.1, -0.05) is 50.5 Å². The summed E-state index contributed by atoms with van der Waals surface area (Å²) in [6.07, 6.45) is 5.55. The minimum Gasteiger partial charge on any atom is -0.497 e. The fourth-order valence-corrected chi connectivity index (χ4v) is 8.73. The van der Waals surface area contributed by atoms with Crippen LogP contribution in [0.15, 0.2) is 24.3 Å². The van der Waals surface area contributed by atoms with Gasteiger partial charge in [0.1, 0.15) is 29.0 Å². The van der Waals surface area contributed by atoms with E-state index >= 15 is 0 Å². The molecule has 296 valence electrons. The summed E-state index contributed by atoms with van der Waals surface area (Å²) in [5.74, 6) is -1.30. The molecule has 3 N–H and O–H groups in total. The van der Waals surface area contributed by atoms with Crippen LogP contribution in [0.25, 0.3) is 11.4 Å². The molecular formula is C36H52N8O9S. The predicted molar refractivity (Wildman–Crippen MR) is 194 cm³/mol. The van der Waals surface area contributed by atoms with Crippen LogP contribution in [0.3, 0.4) is 0 Å². The van der Waals surface area contributed by atoms with Crippen LogP contribution in [-0.4, -0.2) is 105 Å². The van der Waals surface area contributed by atoms with Gasteiger partial charge >= 0.3 is 6.09 Å².